The van der Waals surface area contributed by atoms with E-state index in [9.17, 15) is 15.2 Å². The second-order valence-electron chi connectivity index (χ2n) is 5.70. The van der Waals surface area contributed by atoms with Crippen LogP contribution in [-0.2, 0) is 0 Å². The number of nitrogens with zero attached hydrogens (tertiary/aromatic N) is 2. The molecule has 1 fully saturated rings. The molecule has 2 rings (SSSR count). The summed E-state index contributed by atoms with van der Waals surface area (Å²) < 4.78 is 0. The van der Waals surface area contributed by atoms with Gasteiger partial charge in [0.25, 0.3) is 5.69 Å². The molecule has 5 heteroatoms. The van der Waals surface area contributed by atoms with Crippen LogP contribution in [0.1, 0.15) is 31.2 Å². The summed E-state index contributed by atoms with van der Waals surface area (Å²) in [5, 5.41) is 20.0. The lowest BCUT2D eigenvalue weighted by Gasteiger charge is -2.35. The predicted molar refractivity (Wildman–Crippen MR) is 79.1 cm³/mol. The van der Waals surface area contributed by atoms with Gasteiger partial charge in [-0.2, -0.15) is 0 Å². The highest BCUT2D eigenvalue weighted by atomic mass is 16.6. The molecule has 1 aromatic rings. The van der Waals surface area contributed by atoms with E-state index in [0.29, 0.717) is 17.5 Å². The lowest BCUT2D eigenvalue weighted by atomic mass is 9.86. The number of rotatable bonds is 4. The molecule has 1 saturated carbocycles. The molecule has 0 radical (unpaired) electrons. The summed E-state index contributed by atoms with van der Waals surface area (Å²) in [6, 6.07) is 5.75. The van der Waals surface area contributed by atoms with Gasteiger partial charge in [-0.3, -0.25) is 10.1 Å². The topological polar surface area (TPSA) is 66.6 Å². The Morgan fingerprint density at radius 1 is 1.35 bits per heavy atom. The van der Waals surface area contributed by atoms with E-state index in [2.05, 4.69) is 4.90 Å². The van der Waals surface area contributed by atoms with E-state index >= 15 is 0 Å². The third-order valence-electron chi connectivity index (χ3n) is 4.41. The highest BCUT2D eigenvalue weighted by Gasteiger charge is 2.24. The number of hydrogen-bond acceptors (Lipinski definition) is 4. The Hall–Kier alpha value is -1.62. The monoisotopic (exact) mass is 278 g/mol. The molecule has 0 aromatic heterocycles. The predicted octanol–water partition coefficient (Wildman–Crippen LogP) is 2.89. The molecular weight excluding hydrogens is 256 g/mol. The number of aryl methyl sites for hydroxylation is 1. The van der Waals surface area contributed by atoms with E-state index in [0.717, 1.165) is 31.4 Å². The Bertz CT molecular complexity index is 482. The zero-order valence-electron chi connectivity index (χ0n) is 12.1. The van der Waals surface area contributed by atoms with E-state index in [1.807, 2.05) is 19.2 Å². The van der Waals surface area contributed by atoms with Crippen LogP contribution in [0.4, 0.5) is 11.4 Å². The molecule has 1 aliphatic carbocycles. The van der Waals surface area contributed by atoms with Gasteiger partial charge in [-0.1, -0.05) is 0 Å². The van der Waals surface area contributed by atoms with Crippen LogP contribution >= 0.6 is 0 Å². The van der Waals surface area contributed by atoms with Crippen LogP contribution in [0.25, 0.3) is 0 Å². The summed E-state index contributed by atoms with van der Waals surface area (Å²) in [6.45, 7) is 2.06. The van der Waals surface area contributed by atoms with E-state index in [1.54, 1.807) is 13.0 Å². The number of aliphatic hydroxyl groups excluding tert-OH is 1. The summed E-state index contributed by atoms with van der Waals surface area (Å²) in [4.78, 5) is 12.7. The zero-order chi connectivity index (χ0) is 14.7. The number of aliphatic hydroxyl groups is 1. The lowest BCUT2D eigenvalue weighted by Crippen LogP contribution is -2.35. The fourth-order valence-electron chi connectivity index (χ4n) is 2.99. The second kappa shape index (κ2) is 6.22. The molecule has 5 nitrogen and oxygen atoms in total. The van der Waals surface area contributed by atoms with Gasteiger partial charge >= 0.3 is 0 Å². The summed E-state index contributed by atoms with van der Waals surface area (Å²) in [6.07, 6.45) is 4.24. The quantitative estimate of drug-likeness (QED) is 0.679. The first-order valence-corrected chi connectivity index (χ1v) is 7.11. The molecule has 20 heavy (non-hydrogen) atoms. The fourth-order valence-corrected chi connectivity index (χ4v) is 2.99. The Morgan fingerprint density at radius 3 is 2.50 bits per heavy atom. The van der Waals surface area contributed by atoms with Crippen LogP contribution in [0.15, 0.2) is 18.2 Å². The molecule has 0 amide bonds. The standard InChI is InChI=1S/C15H22N2O3/c1-11-9-14(7-8-15(11)17(19)20)16(2)13-5-3-12(10-18)4-6-13/h7-9,12-13,18H,3-6,10H2,1-2H3. The minimum absolute atomic E-state index is 0.172. The number of benzene rings is 1. The lowest BCUT2D eigenvalue weighted by molar-refractivity contribution is -0.385. The molecule has 1 N–H and O–H groups in total. The highest BCUT2D eigenvalue weighted by molar-refractivity contribution is 5.55. The molecule has 0 unspecified atom stereocenters. The van der Waals surface area contributed by atoms with Crippen molar-refractivity contribution in [3.63, 3.8) is 0 Å². The minimum atomic E-state index is -0.342. The maximum Gasteiger partial charge on any atom is 0.272 e. The first-order valence-electron chi connectivity index (χ1n) is 7.11. The Balaban J connectivity index is 2.08. The van der Waals surface area contributed by atoms with Gasteiger partial charge in [-0.25, -0.2) is 0 Å². The number of nitro benzene ring substituents is 1. The van der Waals surface area contributed by atoms with Crippen LogP contribution in [0.3, 0.4) is 0 Å². The molecule has 1 aliphatic rings. The Kier molecular flexibility index (Phi) is 4.60. The molecule has 0 heterocycles. The van der Waals surface area contributed by atoms with Crippen molar-refractivity contribution in [2.24, 2.45) is 5.92 Å². The van der Waals surface area contributed by atoms with Gasteiger partial charge in [0.15, 0.2) is 0 Å². The molecule has 1 aromatic carbocycles. The van der Waals surface area contributed by atoms with E-state index in [-0.39, 0.29) is 17.2 Å². The van der Waals surface area contributed by atoms with Crippen molar-refractivity contribution < 1.29 is 10.0 Å². The maximum absolute atomic E-state index is 10.8. The van der Waals surface area contributed by atoms with Gasteiger partial charge < -0.3 is 10.0 Å². The van der Waals surface area contributed by atoms with Crippen LogP contribution in [0.5, 0.6) is 0 Å². The average molecular weight is 278 g/mol. The average Bonchev–Trinajstić information content (AvgIpc) is 2.46. The molecule has 110 valence electrons. The van der Waals surface area contributed by atoms with Crippen molar-refractivity contribution in [2.45, 2.75) is 38.6 Å². The van der Waals surface area contributed by atoms with E-state index < -0.39 is 0 Å². The highest BCUT2D eigenvalue weighted by Crippen LogP contribution is 2.31. The molecular formula is C15H22N2O3. The zero-order valence-corrected chi connectivity index (χ0v) is 12.1. The van der Waals surface area contributed by atoms with Gasteiger partial charge in [0.05, 0.1) is 4.92 Å². The van der Waals surface area contributed by atoms with Crippen molar-refractivity contribution in [3.05, 3.63) is 33.9 Å². The van der Waals surface area contributed by atoms with Crippen molar-refractivity contribution in [1.82, 2.24) is 0 Å². The number of anilines is 1. The Morgan fingerprint density at radius 2 is 2.00 bits per heavy atom. The summed E-state index contributed by atoms with van der Waals surface area (Å²) in [7, 11) is 2.05. The molecule has 0 atom stereocenters. The normalized spacial score (nSPS) is 22.6. The van der Waals surface area contributed by atoms with Crippen molar-refractivity contribution in [3.8, 4) is 0 Å². The smallest absolute Gasteiger partial charge is 0.272 e. The summed E-state index contributed by atoms with van der Waals surface area (Å²) in [5.74, 6) is 0.443. The maximum atomic E-state index is 10.8. The largest absolute Gasteiger partial charge is 0.396 e. The van der Waals surface area contributed by atoms with E-state index in [1.165, 1.54) is 0 Å². The van der Waals surface area contributed by atoms with Crippen molar-refractivity contribution in [2.75, 3.05) is 18.6 Å². The summed E-state index contributed by atoms with van der Waals surface area (Å²) >= 11 is 0. The third kappa shape index (κ3) is 3.10. The van der Waals surface area contributed by atoms with Gasteiger partial charge in [-0.05, 0) is 50.7 Å². The van der Waals surface area contributed by atoms with Crippen molar-refractivity contribution >= 4 is 11.4 Å². The van der Waals surface area contributed by atoms with Crippen LogP contribution in [0, 0.1) is 23.0 Å². The van der Waals surface area contributed by atoms with Gasteiger partial charge in [0, 0.05) is 37.0 Å². The van der Waals surface area contributed by atoms with Gasteiger partial charge in [0.2, 0.25) is 0 Å². The number of hydrogen-bond donors (Lipinski definition) is 1. The minimum Gasteiger partial charge on any atom is -0.396 e. The van der Waals surface area contributed by atoms with Crippen LogP contribution in [-0.4, -0.2) is 29.7 Å². The van der Waals surface area contributed by atoms with Crippen LogP contribution in [0.2, 0.25) is 0 Å². The van der Waals surface area contributed by atoms with Gasteiger partial charge in [-0.15, -0.1) is 0 Å². The molecule has 0 bridgehead atoms. The van der Waals surface area contributed by atoms with Crippen molar-refractivity contribution in [1.29, 1.82) is 0 Å². The number of nitro groups is 1. The fraction of sp³-hybridized carbons (Fsp3) is 0.600. The van der Waals surface area contributed by atoms with Gasteiger partial charge in [0.1, 0.15) is 0 Å². The Labute approximate surface area is 119 Å². The molecule has 0 aliphatic heterocycles. The second-order valence-corrected chi connectivity index (χ2v) is 5.70. The molecule has 0 saturated heterocycles. The van der Waals surface area contributed by atoms with Crippen LogP contribution < -0.4 is 4.90 Å². The summed E-state index contributed by atoms with van der Waals surface area (Å²) in [5.41, 5.74) is 1.90. The SMILES string of the molecule is Cc1cc(N(C)C2CCC(CO)CC2)ccc1[N+](=O)[O-]. The first kappa shape index (κ1) is 14.8. The van der Waals surface area contributed by atoms with E-state index in [4.69, 9.17) is 0 Å². The first-order chi connectivity index (χ1) is 9.52. The molecule has 0 spiro atoms. The third-order valence-corrected chi connectivity index (χ3v) is 4.41.